The van der Waals surface area contributed by atoms with Gasteiger partial charge in [-0.25, -0.2) is 0 Å². The minimum absolute atomic E-state index is 0.205. The summed E-state index contributed by atoms with van der Waals surface area (Å²) in [4.78, 5) is 14.6. The molecule has 0 aromatic carbocycles. The molecule has 0 aliphatic rings. The number of nitrogens with zero attached hydrogens (tertiary/aromatic N) is 2. The van der Waals surface area contributed by atoms with E-state index >= 15 is 0 Å². The largest absolute Gasteiger partial charge is 0.380 e. The Kier molecular flexibility index (Phi) is 6.96. The summed E-state index contributed by atoms with van der Waals surface area (Å²) in [6, 6.07) is 2.01. The summed E-state index contributed by atoms with van der Waals surface area (Å²) < 4.78 is 7.54. The highest BCUT2D eigenvalue weighted by Crippen LogP contribution is 2.16. The quantitative estimate of drug-likeness (QED) is 0.515. The lowest BCUT2D eigenvalue weighted by Crippen LogP contribution is -2.33. The molecule has 4 nitrogen and oxygen atoms in total. The van der Waals surface area contributed by atoms with Crippen molar-refractivity contribution in [2.24, 2.45) is 0 Å². The van der Waals surface area contributed by atoms with Crippen LogP contribution >= 0.6 is 0 Å². The van der Waals surface area contributed by atoms with Crippen LogP contribution in [0.1, 0.15) is 42.5 Å². The van der Waals surface area contributed by atoms with Crippen LogP contribution in [0.15, 0.2) is 6.07 Å². The molecule has 0 aliphatic carbocycles. The zero-order valence-corrected chi connectivity index (χ0v) is 13.5. The van der Waals surface area contributed by atoms with Crippen LogP contribution < -0.4 is 0 Å². The number of aromatic nitrogens is 1. The first-order valence-electron chi connectivity index (χ1n) is 7.55. The molecule has 0 aliphatic heterocycles. The van der Waals surface area contributed by atoms with Crippen molar-refractivity contribution < 1.29 is 9.53 Å². The molecule has 0 N–H and O–H groups in total. The minimum Gasteiger partial charge on any atom is -0.380 e. The molecule has 0 atom stereocenters. The fourth-order valence-electron chi connectivity index (χ4n) is 2.55. The molecule has 0 bridgehead atoms. The molecule has 1 heterocycles. The van der Waals surface area contributed by atoms with Crippen molar-refractivity contribution in [3.63, 3.8) is 0 Å². The number of carbonyl (C=O) groups excluding carboxylic acids is 1. The van der Waals surface area contributed by atoms with Gasteiger partial charge in [0.1, 0.15) is 0 Å². The lowest BCUT2D eigenvalue weighted by molar-refractivity contribution is 0.0867. The van der Waals surface area contributed by atoms with Gasteiger partial charge in [0.2, 0.25) is 0 Å². The third-order valence-corrected chi connectivity index (χ3v) is 3.76. The fraction of sp³-hybridized carbons (Fsp3) is 0.688. The summed E-state index contributed by atoms with van der Waals surface area (Å²) in [5.74, 6) is 0.205. The molecule has 20 heavy (non-hydrogen) atoms. The molecular weight excluding hydrogens is 252 g/mol. The van der Waals surface area contributed by atoms with E-state index in [1.807, 2.05) is 19.9 Å². The monoisotopic (exact) mass is 280 g/mol. The zero-order valence-electron chi connectivity index (χ0n) is 13.5. The number of aryl methyl sites for hydroxylation is 1. The van der Waals surface area contributed by atoms with E-state index in [1.54, 1.807) is 0 Å². The van der Waals surface area contributed by atoms with Gasteiger partial charge in [0.15, 0.2) is 5.78 Å². The first-order valence-corrected chi connectivity index (χ1v) is 7.55. The first kappa shape index (κ1) is 16.9. The lowest BCUT2D eigenvalue weighted by Gasteiger charge is -2.19. The maximum Gasteiger partial charge on any atom is 0.178 e. The third-order valence-electron chi connectivity index (χ3n) is 3.76. The van der Waals surface area contributed by atoms with E-state index < -0.39 is 0 Å². The number of Topliss-reactive ketones (excluding diaryl/α,β-unsaturated/α-hetero) is 1. The van der Waals surface area contributed by atoms with Gasteiger partial charge in [0, 0.05) is 36.6 Å². The van der Waals surface area contributed by atoms with Gasteiger partial charge < -0.3 is 9.30 Å². The Morgan fingerprint density at radius 1 is 1.30 bits per heavy atom. The average Bonchev–Trinajstić information content (AvgIpc) is 2.72. The lowest BCUT2D eigenvalue weighted by atomic mass is 10.1. The van der Waals surface area contributed by atoms with Gasteiger partial charge in [-0.1, -0.05) is 6.92 Å². The number of hydrogen-bond donors (Lipinski definition) is 0. The smallest absolute Gasteiger partial charge is 0.178 e. The molecule has 0 saturated carbocycles. The van der Waals surface area contributed by atoms with Crippen LogP contribution in [0.3, 0.4) is 0 Å². The van der Waals surface area contributed by atoms with Crippen LogP contribution in [0, 0.1) is 13.8 Å². The van der Waals surface area contributed by atoms with Gasteiger partial charge in [-0.2, -0.15) is 0 Å². The highest BCUT2D eigenvalue weighted by atomic mass is 16.5. The Balaban J connectivity index is 2.69. The molecule has 0 unspecified atom stereocenters. The van der Waals surface area contributed by atoms with Crippen LogP contribution in [0.2, 0.25) is 0 Å². The number of likely N-dealkylation sites (N-methyl/N-ethyl adjacent to an activating group) is 1. The molecule has 0 saturated heterocycles. The third kappa shape index (κ3) is 4.18. The maximum absolute atomic E-state index is 12.5. The van der Waals surface area contributed by atoms with E-state index in [-0.39, 0.29) is 5.78 Å². The highest BCUT2D eigenvalue weighted by Gasteiger charge is 2.17. The van der Waals surface area contributed by atoms with Crippen molar-refractivity contribution in [1.29, 1.82) is 0 Å². The molecule has 1 aromatic heterocycles. The number of hydrogen-bond acceptors (Lipinski definition) is 3. The molecular formula is C16H28N2O2. The van der Waals surface area contributed by atoms with Crippen molar-refractivity contribution in [3.8, 4) is 0 Å². The average molecular weight is 280 g/mol. The highest BCUT2D eigenvalue weighted by molar-refractivity contribution is 5.99. The summed E-state index contributed by atoms with van der Waals surface area (Å²) in [5, 5.41) is 0. The number of ketones is 1. The van der Waals surface area contributed by atoms with Gasteiger partial charge in [0.05, 0.1) is 13.2 Å². The Bertz CT molecular complexity index is 438. The number of ether oxygens (including phenoxy) is 1. The van der Waals surface area contributed by atoms with Crippen molar-refractivity contribution in [2.75, 3.05) is 32.8 Å². The van der Waals surface area contributed by atoms with Crippen LogP contribution in [0.4, 0.5) is 0 Å². The second-order valence-corrected chi connectivity index (χ2v) is 5.02. The molecule has 1 aromatic rings. The number of rotatable bonds is 9. The Morgan fingerprint density at radius 3 is 2.50 bits per heavy atom. The zero-order chi connectivity index (χ0) is 15.1. The summed E-state index contributed by atoms with van der Waals surface area (Å²) in [5.41, 5.74) is 3.10. The second kappa shape index (κ2) is 8.22. The minimum atomic E-state index is 0.205. The number of carbonyl (C=O) groups is 1. The maximum atomic E-state index is 12.5. The molecule has 114 valence electrons. The van der Waals surface area contributed by atoms with E-state index in [4.69, 9.17) is 4.74 Å². The van der Waals surface area contributed by atoms with Crippen molar-refractivity contribution >= 4 is 5.78 Å². The Morgan fingerprint density at radius 2 is 2.00 bits per heavy atom. The van der Waals surface area contributed by atoms with Crippen molar-refractivity contribution in [2.45, 2.75) is 41.2 Å². The summed E-state index contributed by atoms with van der Waals surface area (Å²) >= 11 is 0. The van der Waals surface area contributed by atoms with E-state index in [0.29, 0.717) is 13.2 Å². The van der Waals surface area contributed by atoms with Crippen molar-refractivity contribution in [3.05, 3.63) is 23.0 Å². The second-order valence-electron chi connectivity index (χ2n) is 5.02. The Labute approximate surface area is 122 Å². The van der Waals surface area contributed by atoms with Gasteiger partial charge >= 0.3 is 0 Å². The summed E-state index contributed by atoms with van der Waals surface area (Å²) in [7, 11) is 0. The van der Waals surface area contributed by atoms with E-state index in [0.717, 1.165) is 43.2 Å². The standard InChI is InChI=1S/C16H28N2O2/c1-6-17(9-10-20-8-3)12-16(19)15-11-13(4)18(7-2)14(15)5/h11H,6-10,12H2,1-5H3. The molecule has 0 amide bonds. The molecule has 0 fully saturated rings. The SMILES string of the molecule is CCOCCN(CC)CC(=O)c1cc(C)n(CC)c1C. The van der Waals surface area contributed by atoms with Crippen molar-refractivity contribution in [1.82, 2.24) is 9.47 Å². The van der Waals surface area contributed by atoms with Crippen LogP contribution in [0.25, 0.3) is 0 Å². The van der Waals surface area contributed by atoms with E-state index in [1.165, 1.54) is 0 Å². The van der Waals surface area contributed by atoms with Crippen LogP contribution in [0.5, 0.6) is 0 Å². The van der Waals surface area contributed by atoms with Gasteiger partial charge in [0.25, 0.3) is 0 Å². The summed E-state index contributed by atoms with van der Waals surface area (Å²) in [6.45, 7) is 14.7. The predicted octanol–water partition coefficient (Wildman–Crippen LogP) is 2.67. The molecule has 4 heteroatoms. The van der Waals surface area contributed by atoms with Crippen LogP contribution in [-0.4, -0.2) is 48.1 Å². The predicted molar refractivity (Wildman–Crippen MR) is 82.5 cm³/mol. The van der Waals surface area contributed by atoms with Crippen LogP contribution in [-0.2, 0) is 11.3 Å². The van der Waals surface area contributed by atoms with Gasteiger partial charge in [-0.3, -0.25) is 9.69 Å². The van der Waals surface area contributed by atoms with Gasteiger partial charge in [-0.15, -0.1) is 0 Å². The van der Waals surface area contributed by atoms with Gasteiger partial charge in [-0.05, 0) is 40.3 Å². The first-order chi connectivity index (χ1) is 9.54. The fourth-order valence-corrected chi connectivity index (χ4v) is 2.55. The Hall–Kier alpha value is -1.13. The van der Waals surface area contributed by atoms with E-state index in [2.05, 4.69) is 30.2 Å². The topological polar surface area (TPSA) is 34.5 Å². The normalized spacial score (nSPS) is 11.3. The molecule has 0 radical (unpaired) electrons. The van der Waals surface area contributed by atoms with E-state index in [9.17, 15) is 4.79 Å². The molecule has 1 rings (SSSR count). The molecule has 0 spiro atoms. The summed E-state index contributed by atoms with van der Waals surface area (Å²) in [6.07, 6.45) is 0.